The number of nitrogens with zero attached hydrogens (tertiary/aromatic N) is 6. The van der Waals surface area contributed by atoms with E-state index >= 15 is 0 Å². The Morgan fingerprint density at radius 1 is 1.13 bits per heavy atom. The van der Waals surface area contributed by atoms with Crippen LogP contribution in [0, 0.1) is 5.95 Å². The van der Waals surface area contributed by atoms with Crippen LogP contribution in [0.4, 0.5) is 4.39 Å². The van der Waals surface area contributed by atoms with Crippen LogP contribution in [-0.2, 0) is 6.54 Å². The molecule has 0 saturated heterocycles. The van der Waals surface area contributed by atoms with Crippen LogP contribution in [-0.4, -0.2) is 28.9 Å². The van der Waals surface area contributed by atoms with Gasteiger partial charge in [-0.3, -0.25) is 9.38 Å². The molecule has 8 heteroatoms. The molecule has 0 aliphatic heterocycles. The van der Waals surface area contributed by atoms with Gasteiger partial charge in [-0.2, -0.15) is 4.39 Å². The monoisotopic (exact) mass is 372 g/mol. The standard InChI is InChI=1S/C15H10BrFN6/c16-14-11(21-13-8-18-4-7-23(13)14)9-22-6-5-19-15(22)10-2-1-3-12(17)20-10/h1-8H,9H2. The summed E-state index contributed by atoms with van der Waals surface area (Å²) < 4.78 is 18.0. The highest BCUT2D eigenvalue weighted by atomic mass is 79.9. The van der Waals surface area contributed by atoms with E-state index in [1.807, 2.05) is 21.4 Å². The van der Waals surface area contributed by atoms with Crippen molar-refractivity contribution in [3.05, 3.63) is 65.4 Å². The molecule has 0 atom stereocenters. The molecule has 0 aromatic carbocycles. The maximum Gasteiger partial charge on any atom is 0.213 e. The average Bonchev–Trinajstić information content (AvgIpc) is 3.14. The molecule has 114 valence electrons. The smallest absolute Gasteiger partial charge is 0.213 e. The Labute approximate surface area is 138 Å². The second kappa shape index (κ2) is 5.54. The van der Waals surface area contributed by atoms with Gasteiger partial charge in [-0.25, -0.2) is 15.0 Å². The highest BCUT2D eigenvalue weighted by molar-refractivity contribution is 9.10. The molecule has 4 aromatic heterocycles. The van der Waals surface area contributed by atoms with Gasteiger partial charge in [-0.1, -0.05) is 6.07 Å². The Balaban J connectivity index is 1.75. The van der Waals surface area contributed by atoms with Gasteiger partial charge in [0, 0.05) is 24.8 Å². The Hall–Kier alpha value is -2.61. The van der Waals surface area contributed by atoms with Crippen molar-refractivity contribution in [2.24, 2.45) is 0 Å². The van der Waals surface area contributed by atoms with Crippen LogP contribution in [0.15, 0.2) is 53.8 Å². The topological polar surface area (TPSA) is 60.9 Å². The number of hydrogen-bond acceptors (Lipinski definition) is 4. The first-order chi connectivity index (χ1) is 11.2. The fourth-order valence-electron chi connectivity index (χ4n) is 2.39. The molecule has 4 aromatic rings. The average molecular weight is 373 g/mol. The highest BCUT2D eigenvalue weighted by Gasteiger charge is 2.14. The number of fused-ring (bicyclic) bond motifs is 1. The largest absolute Gasteiger partial charge is 0.324 e. The zero-order chi connectivity index (χ0) is 15.8. The van der Waals surface area contributed by atoms with Gasteiger partial charge in [0.05, 0.1) is 18.4 Å². The number of hydrogen-bond donors (Lipinski definition) is 0. The third kappa shape index (κ3) is 2.50. The third-order valence-electron chi connectivity index (χ3n) is 3.42. The Kier molecular flexibility index (Phi) is 3.38. The van der Waals surface area contributed by atoms with Crippen LogP contribution >= 0.6 is 15.9 Å². The Morgan fingerprint density at radius 2 is 2.04 bits per heavy atom. The van der Waals surface area contributed by atoms with Crippen molar-refractivity contribution < 1.29 is 4.39 Å². The molecular weight excluding hydrogens is 363 g/mol. The molecule has 0 radical (unpaired) electrons. The maximum atomic E-state index is 13.3. The van der Waals surface area contributed by atoms with E-state index in [1.54, 1.807) is 30.7 Å². The zero-order valence-electron chi connectivity index (χ0n) is 11.8. The molecule has 4 rings (SSSR count). The number of pyridine rings is 1. The predicted octanol–water partition coefficient (Wildman–Crippen LogP) is 2.94. The van der Waals surface area contributed by atoms with Gasteiger partial charge in [0.2, 0.25) is 5.95 Å². The van der Waals surface area contributed by atoms with Crippen molar-refractivity contribution >= 4 is 21.6 Å². The quantitative estimate of drug-likeness (QED) is 0.518. The van der Waals surface area contributed by atoms with E-state index in [0.29, 0.717) is 18.1 Å². The SMILES string of the molecule is Fc1cccc(-c2nccn2Cc2nc3cnccn3c2Br)n1. The van der Waals surface area contributed by atoms with Crippen LogP contribution in [0.5, 0.6) is 0 Å². The summed E-state index contributed by atoms with van der Waals surface area (Å²) in [5.41, 5.74) is 2.06. The molecule has 23 heavy (non-hydrogen) atoms. The van der Waals surface area contributed by atoms with E-state index in [4.69, 9.17) is 0 Å². The maximum absolute atomic E-state index is 13.3. The minimum absolute atomic E-state index is 0.482. The predicted molar refractivity (Wildman–Crippen MR) is 85.2 cm³/mol. The van der Waals surface area contributed by atoms with Crippen molar-refractivity contribution in [3.63, 3.8) is 0 Å². The molecule has 4 heterocycles. The van der Waals surface area contributed by atoms with Gasteiger partial charge < -0.3 is 4.57 Å². The third-order valence-corrected chi connectivity index (χ3v) is 4.26. The van der Waals surface area contributed by atoms with Gasteiger partial charge in [-0.15, -0.1) is 0 Å². The van der Waals surface area contributed by atoms with Crippen LogP contribution in [0.25, 0.3) is 17.2 Å². The van der Waals surface area contributed by atoms with Crippen LogP contribution in [0.3, 0.4) is 0 Å². The summed E-state index contributed by atoms with van der Waals surface area (Å²) in [7, 11) is 0. The molecule has 0 aliphatic carbocycles. The second-order valence-corrected chi connectivity index (χ2v) is 5.63. The minimum atomic E-state index is -0.531. The lowest BCUT2D eigenvalue weighted by Crippen LogP contribution is -2.03. The highest BCUT2D eigenvalue weighted by Crippen LogP contribution is 2.22. The first-order valence-corrected chi connectivity index (χ1v) is 7.62. The lowest BCUT2D eigenvalue weighted by atomic mass is 10.3. The van der Waals surface area contributed by atoms with Crippen LogP contribution in [0.1, 0.15) is 5.69 Å². The van der Waals surface area contributed by atoms with Crippen molar-refractivity contribution in [1.82, 2.24) is 28.9 Å². The molecule has 0 N–H and O–H groups in total. The normalized spacial score (nSPS) is 11.2. The van der Waals surface area contributed by atoms with E-state index in [2.05, 4.69) is 35.9 Å². The summed E-state index contributed by atoms with van der Waals surface area (Å²) >= 11 is 3.55. The van der Waals surface area contributed by atoms with E-state index < -0.39 is 5.95 Å². The summed E-state index contributed by atoms with van der Waals surface area (Å²) in [4.78, 5) is 16.8. The summed E-state index contributed by atoms with van der Waals surface area (Å²) in [6, 6.07) is 4.65. The molecule has 0 spiro atoms. The van der Waals surface area contributed by atoms with E-state index in [0.717, 1.165) is 15.9 Å². The number of imidazole rings is 2. The molecule has 0 saturated carbocycles. The number of aromatic nitrogens is 6. The number of rotatable bonds is 3. The van der Waals surface area contributed by atoms with Crippen molar-refractivity contribution in [3.8, 4) is 11.5 Å². The summed E-state index contributed by atoms with van der Waals surface area (Å²) in [6.07, 6.45) is 8.70. The molecular formula is C15H10BrFN6. The molecule has 0 fully saturated rings. The van der Waals surface area contributed by atoms with Gasteiger partial charge in [-0.05, 0) is 28.1 Å². The molecule has 6 nitrogen and oxygen atoms in total. The number of halogens is 2. The van der Waals surface area contributed by atoms with Crippen molar-refractivity contribution in [2.75, 3.05) is 0 Å². The zero-order valence-corrected chi connectivity index (χ0v) is 13.4. The lowest BCUT2D eigenvalue weighted by Gasteiger charge is -2.06. The van der Waals surface area contributed by atoms with Gasteiger partial charge in [0.25, 0.3) is 0 Å². The fraction of sp³-hybridized carbons (Fsp3) is 0.0667. The first-order valence-electron chi connectivity index (χ1n) is 6.83. The van der Waals surface area contributed by atoms with Gasteiger partial charge in [0.15, 0.2) is 11.5 Å². The second-order valence-electron chi connectivity index (χ2n) is 4.88. The molecule has 0 unspecified atom stereocenters. The molecule has 0 amide bonds. The Morgan fingerprint density at radius 3 is 2.87 bits per heavy atom. The lowest BCUT2D eigenvalue weighted by molar-refractivity contribution is 0.584. The Bertz CT molecular complexity index is 992. The van der Waals surface area contributed by atoms with Crippen LogP contribution < -0.4 is 0 Å². The van der Waals surface area contributed by atoms with Crippen LogP contribution in [0.2, 0.25) is 0 Å². The van der Waals surface area contributed by atoms with Gasteiger partial charge in [0.1, 0.15) is 10.3 Å². The fourth-order valence-corrected chi connectivity index (χ4v) is 2.90. The summed E-state index contributed by atoms with van der Waals surface area (Å²) in [6.45, 7) is 0.482. The van der Waals surface area contributed by atoms with Gasteiger partial charge >= 0.3 is 0 Å². The summed E-state index contributed by atoms with van der Waals surface area (Å²) in [5, 5.41) is 0. The van der Waals surface area contributed by atoms with E-state index in [-0.39, 0.29) is 0 Å². The van der Waals surface area contributed by atoms with E-state index in [1.165, 1.54) is 6.07 Å². The van der Waals surface area contributed by atoms with Crippen molar-refractivity contribution in [1.29, 1.82) is 0 Å². The molecule has 0 aliphatic rings. The first kappa shape index (κ1) is 14.0. The molecule has 0 bridgehead atoms. The summed E-state index contributed by atoms with van der Waals surface area (Å²) in [5.74, 6) is 0.0589. The van der Waals surface area contributed by atoms with E-state index in [9.17, 15) is 4.39 Å². The minimum Gasteiger partial charge on any atom is -0.324 e. The van der Waals surface area contributed by atoms with Crippen molar-refractivity contribution in [2.45, 2.75) is 6.54 Å².